The lowest BCUT2D eigenvalue weighted by Crippen LogP contribution is -2.21. The molecule has 3 rings (SSSR count). The molecule has 1 aliphatic rings. The van der Waals surface area contributed by atoms with E-state index in [0.717, 1.165) is 30.5 Å². The molecule has 0 fully saturated rings. The first-order valence-corrected chi connectivity index (χ1v) is 8.87. The first kappa shape index (κ1) is 18.0. The summed E-state index contributed by atoms with van der Waals surface area (Å²) in [6.45, 7) is 1.92. The van der Waals surface area contributed by atoms with Gasteiger partial charge in [0.05, 0.1) is 13.0 Å². The molecule has 0 saturated heterocycles. The number of rotatable bonds is 7. The summed E-state index contributed by atoms with van der Waals surface area (Å²) in [7, 11) is 0. The van der Waals surface area contributed by atoms with Crippen molar-refractivity contribution in [3.63, 3.8) is 0 Å². The van der Waals surface area contributed by atoms with E-state index in [1.54, 1.807) is 0 Å². The van der Waals surface area contributed by atoms with Crippen LogP contribution in [-0.2, 0) is 27.2 Å². The van der Waals surface area contributed by atoms with Gasteiger partial charge in [-0.15, -0.1) is 0 Å². The number of benzene rings is 2. The van der Waals surface area contributed by atoms with Gasteiger partial charge in [0.2, 0.25) is 0 Å². The molecule has 1 amide bonds. The highest BCUT2D eigenvalue weighted by Gasteiger charge is 2.13. The van der Waals surface area contributed by atoms with E-state index in [2.05, 4.69) is 5.32 Å². The average Bonchev–Trinajstić information content (AvgIpc) is 3.09. The number of nitrogens with one attached hydrogen (secondary N) is 1. The average molecular weight is 353 g/mol. The van der Waals surface area contributed by atoms with Crippen LogP contribution < -0.4 is 10.1 Å². The van der Waals surface area contributed by atoms with Crippen molar-refractivity contribution in [1.29, 1.82) is 0 Å². The first-order valence-electron chi connectivity index (χ1n) is 8.87. The van der Waals surface area contributed by atoms with Gasteiger partial charge in [0.25, 0.3) is 5.91 Å². The minimum atomic E-state index is -0.457. The van der Waals surface area contributed by atoms with Gasteiger partial charge in [-0.2, -0.15) is 0 Å². The SMILES string of the molecule is Cc1ccc(OCCC(=O)OCC(=O)Nc2ccc3c(c2)CCC3)cc1. The lowest BCUT2D eigenvalue weighted by molar-refractivity contribution is -0.147. The maximum absolute atomic E-state index is 11.9. The van der Waals surface area contributed by atoms with E-state index in [1.807, 2.05) is 49.4 Å². The molecule has 0 unspecified atom stereocenters. The van der Waals surface area contributed by atoms with Gasteiger partial charge in [0.15, 0.2) is 6.61 Å². The molecule has 0 saturated carbocycles. The fourth-order valence-corrected chi connectivity index (χ4v) is 2.95. The van der Waals surface area contributed by atoms with Crippen LogP contribution in [0, 0.1) is 6.92 Å². The van der Waals surface area contributed by atoms with Crippen molar-refractivity contribution in [2.24, 2.45) is 0 Å². The molecular formula is C21H23NO4. The molecule has 136 valence electrons. The van der Waals surface area contributed by atoms with Crippen molar-refractivity contribution in [2.75, 3.05) is 18.5 Å². The summed E-state index contributed by atoms with van der Waals surface area (Å²) in [5.41, 5.74) is 4.52. The van der Waals surface area contributed by atoms with E-state index in [-0.39, 0.29) is 25.5 Å². The molecule has 0 bridgehead atoms. The highest BCUT2D eigenvalue weighted by Crippen LogP contribution is 2.24. The molecule has 5 nitrogen and oxygen atoms in total. The lowest BCUT2D eigenvalue weighted by Gasteiger charge is -2.09. The molecule has 0 radical (unpaired) electrons. The van der Waals surface area contributed by atoms with Crippen molar-refractivity contribution in [1.82, 2.24) is 0 Å². The van der Waals surface area contributed by atoms with Gasteiger partial charge in [0, 0.05) is 5.69 Å². The monoisotopic (exact) mass is 353 g/mol. The third kappa shape index (κ3) is 5.09. The van der Waals surface area contributed by atoms with Gasteiger partial charge in [-0.25, -0.2) is 0 Å². The largest absolute Gasteiger partial charge is 0.493 e. The highest BCUT2D eigenvalue weighted by molar-refractivity contribution is 5.92. The van der Waals surface area contributed by atoms with Crippen LogP contribution in [0.25, 0.3) is 0 Å². The van der Waals surface area contributed by atoms with E-state index in [1.165, 1.54) is 11.1 Å². The summed E-state index contributed by atoms with van der Waals surface area (Å²) in [5, 5.41) is 2.77. The number of hydrogen-bond donors (Lipinski definition) is 1. The van der Waals surface area contributed by atoms with Crippen LogP contribution in [0.5, 0.6) is 5.75 Å². The normalized spacial score (nSPS) is 12.3. The van der Waals surface area contributed by atoms with Crippen molar-refractivity contribution < 1.29 is 19.1 Å². The maximum atomic E-state index is 11.9. The van der Waals surface area contributed by atoms with Gasteiger partial charge in [0.1, 0.15) is 5.75 Å². The molecule has 0 aliphatic heterocycles. The van der Waals surface area contributed by atoms with E-state index >= 15 is 0 Å². The van der Waals surface area contributed by atoms with Gasteiger partial charge >= 0.3 is 5.97 Å². The second-order valence-electron chi connectivity index (χ2n) is 6.46. The van der Waals surface area contributed by atoms with Crippen LogP contribution in [0.4, 0.5) is 5.69 Å². The zero-order valence-corrected chi connectivity index (χ0v) is 14.9. The van der Waals surface area contributed by atoms with Gasteiger partial charge < -0.3 is 14.8 Å². The number of hydrogen-bond acceptors (Lipinski definition) is 4. The Morgan fingerprint density at radius 2 is 1.81 bits per heavy atom. The van der Waals surface area contributed by atoms with Gasteiger partial charge in [-0.1, -0.05) is 23.8 Å². The van der Waals surface area contributed by atoms with E-state index in [4.69, 9.17) is 9.47 Å². The Balaban J connectivity index is 1.36. The Labute approximate surface area is 153 Å². The van der Waals surface area contributed by atoms with Crippen LogP contribution in [0.1, 0.15) is 29.5 Å². The van der Waals surface area contributed by atoms with Crippen molar-refractivity contribution >= 4 is 17.6 Å². The lowest BCUT2D eigenvalue weighted by atomic mass is 10.1. The summed E-state index contributed by atoms with van der Waals surface area (Å²) >= 11 is 0. The van der Waals surface area contributed by atoms with Crippen LogP contribution in [0.3, 0.4) is 0 Å². The van der Waals surface area contributed by atoms with Crippen molar-refractivity contribution in [3.8, 4) is 5.75 Å². The number of fused-ring (bicyclic) bond motifs is 1. The third-order valence-electron chi connectivity index (χ3n) is 4.34. The standard InChI is InChI=1S/C21H23NO4/c1-15-5-9-19(10-6-15)25-12-11-21(24)26-14-20(23)22-18-8-7-16-3-2-4-17(16)13-18/h5-10,13H,2-4,11-12,14H2,1H3,(H,22,23). The Kier molecular flexibility index (Phi) is 5.89. The van der Waals surface area contributed by atoms with E-state index in [9.17, 15) is 9.59 Å². The quantitative estimate of drug-likeness (QED) is 0.775. The molecule has 0 aromatic heterocycles. The number of ether oxygens (including phenoxy) is 2. The minimum Gasteiger partial charge on any atom is -0.493 e. The summed E-state index contributed by atoms with van der Waals surface area (Å²) in [6, 6.07) is 13.5. The van der Waals surface area contributed by atoms with Gasteiger partial charge in [-0.3, -0.25) is 9.59 Å². The molecule has 0 spiro atoms. The summed E-state index contributed by atoms with van der Waals surface area (Å²) in [6.07, 6.45) is 3.41. The zero-order valence-electron chi connectivity index (χ0n) is 14.9. The van der Waals surface area contributed by atoms with E-state index in [0.29, 0.717) is 5.75 Å². The number of amides is 1. The maximum Gasteiger partial charge on any atom is 0.309 e. The molecule has 2 aromatic rings. The molecule has 0 atom stereocenters. The van der Waals surface area contributed by atoms with Crippen molar-refractivity contribution in [3.05, 3.63) is 59.2 Å². The summed E-state index contributed by atoms with van der Waals surface area (Å²) in [4.78, 5) is 23.6. The minimum absolute atomic E-state index is 0.0972. The Bertz CT molecular complexity index is 783. The van der Waals surface area contributed by atoms with E-state index < -0.39 is 5.97 Å². The van der Waals surface area contributed by atoms with Crippen LogP contribution in [0.15, 0.2) is 42.5 Å². The third-order valence-corrected chi connectivity index (χ3v) is 4.34. The predicted molar refractivity (Wildman–Crippen MR) is 99.3 cm³/mol. The molecule has 1 aliphatic carbocycles. The zero-order chi connectivity index (χ0) is 18.4. The Morgan fingerprint density at radius 1 is 1.04 bits per heavy atom. The molecule has 2 aromatic carbocycles. The molecule has 26 heavy (non-hydrogen) atoms. The number of anilines is 1. The van der Waals surface area contributed by atoms with Crippen LogP contribution >= 0.6 is 0 Å². The summed E-state index contributed by atoms with van der Waals surface area (Å²) in [5.74, 6) is -0.0882. The van der Waals surface area contributed by atoms with Gasteiger partial charge in [-0.05, 0) is 61.6 Å². The second-order valence-corrected chi connectivity index (χ2v) is 6.46. The molecular weight excluding hydrogens is 330 g/mol. The number of carbonyl (C=O) groups is 2. The number of aryl methyl sites for hydroxylation is 3. The fraction of sp³-hybridized carbons (Fsp3) is 0.333. The Morgan fingerprint density at radius 3 is 2.62 bits per heavy atom. The highest BCUT2D eigenvalue weighted by atomic mass is 16.5. The molecule has 0 heterocycles. The summed E-state index contributed by atoms with van der Waals surface area (Å²) < 4.78 is 10.5. The van der Waals surface area contributed by atoms with Crippen LogP contribution in [0.2, 0.25) is 0 Å². The van der Waals surface area contributed by atoms with Crippen LogP contribution in [-0.4, -0.2) is 25.1 Å². The fourth-order valence-electron chi connectivity index (χ4n) is 2.95. The predicted octanol–water partition coefficient (Wildman–Crippen LogP) is 3.43. The first-order chi connectivity index (χ1) is 12.6. The smallest absolute Gasteiger partial charge is 0.309 e. The molecule has 1 N–H and O–H groups in total. The number of esters is 1. The molecule has 5 heteroatoms. The Hall–Kier alpha value is -2.82. The topological polar surface area (TPSA) is 64.6 Å². The number of carbonyl (C=O) groups excluding carboxylic acids is 2. The van der Waals surface area contributed by atoms with Crippen molar-refractivity contribution in [2.45, 2.75) is 32.6 Å². The second kappa shape index (κ2) is 8.52.